The molecule has 2 aromatic heterocycles. The van der Waals surface area contributed by atoms with Crippen molar-refractivity contribution in [1.82, 2.24) is 0 Å². The lowest BCUT2D eigenvalue weighted by atomic mass is 9.87. The van der Waals surface area contributed by atoms with Crippen LogP contribution in [0, 0.1) is 19.8 Å². The Morgan fingerprint density at radius 2 is 1.83 bits per heavy atom. The zero-order valence-corrected chi connectivity index (χ0v) is 14.6. The van der Waals surface area contributed by atoms with Crippen LogP contribution in [-0.4, -0.2) is 11.1 Å². The van der Waals surface area contributed by atoms with Crippen LogP contribution in [0.4, 0.5) is 0 Å². The molecule has 3 aromatic rings. The van der Waals surface area contributed by atoms with E-state index in [9.17, 15) is 9.90 Å². The van der Waals surface area contributed by atoms with Gasteiger partial charge >= 0.3 is 5.97 Å². The van der Waals surface area contributed by atoms with Crippen molar-refractivity contribution in [2.75, 3.05) is 0 Å². The molecule has 5 heteroatoms. The molecule has 1 unspecified atom stereocenters. The summed E-state index contributed by atoms with van der Waals surface area (Å²) in [6.45, 7) is 3.82. The molecule has 0 radical (unpaired) electrons. The Kier molecular flexibility index (Phi) is 3.30. The number of fused-ring (bicyclic) bond motifs is 2. The molecule has 0 aliphatic heterocycles. The van der Waals surface area contributed by atoms with Gasteiger partial charge in [0, 0.05) is 22.3 Å². The Balaban J connectivity index is 2.08. The number of furan rings is 2. The van der Waals surface area contributed by atoms with E-state index in [2.05, 4.69) is 15.9 Å². The molecule has 1 aliphatic carbocycles. The van der Waals surface area contributed by atoms with E-state index in [-0.39, 0.29) is 12.3 Å². The molecule has 1 N–H and O–H groups in total. The molecule has 0 saturated heterocycles. The number of hydrogen-bond acceptors (Lipinski definition) is 3. The predicted octanol–water partition coefficient (Wildman–Crippen LogP) is 5.53. The third kappa shape index (κ3) is 2.38. The largest absolute Gasteiger partial charge is 0.481 e. The maximum Gasteiger partial charge on any atom is 0.303 e. The lowest BCUT2D eigenvalue weighted by Gasteiger charge is -2.16. The lowest BCUT2D eigenvalue weighted by molar-refractivity contribution is -0.137. The summed E-state index contributed by atoms with van der Waals surface area (Å²) in [5, 5.41) is 11.3. The highest BCUT2D eigenvalue weighted by molar-refractivity contribution is 9.10. The summed E-state index contributed by atoms with van der Waals surface area (Å²) >= 11 is 3.63. The number of benzene rings is 1. The van der Waals surface area contributed by atoms with E-state index in [0.717, 1.165) is 56.3 Å². The Morgan fingerprint density at radius 1 is 1.22 bits per heavy atom. The third-order valence-electron chi connectivity index (χ3n) is 4.64. The van der Waals surface area contributed by atoms with Gasteiger partial charge in [-0.05, 0) is 60.7 Å². The zero-order chi connectivity index (χ0) is 16.3. The molecular formula is C18H17BrO4. The van der Waals surface area contributed by atoms with E-state index < -0.39 is 5.97 Å². The van der Waals surface area contributed by atoms with Crippen molar-refractivity contribution in [1.29, 1.82) is 0 Å². The smallest absolute Gasteiger partial charge is 0.303 e. The number of halogens is 1. The molecule has 4 nitrogen and oxygen atoms in total. The van der Waals surface area contributed by atoms with Crippen LogP contribution in [0.3, 0.4) is 0 Å². The molecule has 1 saturated carbocycles. The topological polar surface area (TPSA) is 63.6 Å². The minimum atomic E-state index is -0.769. The summed E-state index contributed by atoms with van der Waals surface area (Å²) in [5.74, 6) is 1.24. The second-order valence-corrected chi connectivity index (χ2v) is 7.26. The van der Waals surface area contributed by atoms with Crippen molar-refractivity contribution in [3.63, 3.8) is 0 Å². The van der Waals surface area contributed by atoms with E-state index in [1.54, 1.807) is 0 Å². The molecular weight excluding hydrogens is 360 g/mol. The summed E-state index contributed by atoms with van der Waals surface area (Å²) in [5.41, 5.74) is 2.57. The molecule has 0 spiro atoms. The maximum absolute atomic E-state index is 11.4. The third-order valence-corrected chi connectivity index (χ3v) is 5.42. The highest BCUT2D eigenvalue weighted by atomic mass is 79.9. The number of rotatable bonds is 4. The van der Waals surface area contributed by atoms with Gasteiger partial charge in [-0.1, -0.05) is 0 Å². The first-order valence-electron chi connectivity index (χ1n) is 7.79. The first kappa shape index (κ1) is 14.8. The molecule has 1 atom stereocenters. The van der Waals surface area contributed by atoms with Crippen molar-refractivity contribution in [2.24, 2.45) is 5.92 Å². The van der Waals surface area contributed by atoms with Crippen molar-refractivity contribution < 1.29 is 18.7 Å². The van der Waals surface area contributed by atoms with E-state index in [0.29, 0.717) is 5.92 Å². The number of hydrogen-bond donors (Lipinski definition) is 1. The van der Waals surface area contributed by atoms with E-state index in [1.807, 2.05) is 26.0 Å². The minimum Gasteiger partial charge on any atom is -0.481 e. The number of carboxylic acids is 1. The molecule has 23 heavy (non-hydrogen) atoms. The monoisotopic (exact) mass is 376 g/mol. The normalized spacial score (nSPS) is 16.3. The maximum atomic E-state index is 11.4. The van der Waals surface area contributed by atoms with Gasteiger partial charge in [0.05, 0.1) is 10.9 Å². The summed E-state index contributed by atoms with van der Waals surface area (Å²) in [6.07, 6.45) is 2.28. The fourth-order valence-corrected chi connectivity index (χ4v) is 4.15. The average molecular weight is 377 g/mol. The average Bonchev–Trinajstić information content (AvgIpc) is 3.14. The van der Waals surface area contributed by atoms with E-state index >= 15 is 0 Å². The molecule has 1 fully saturated rings. The molecule has 0 bridgehead atoms. The predicted molar refractivity (Wildman–Crippen MR) is 90.9 cm³/mol. The van der Waals surface area contributed by atoms with Crippen LogP contribution in [0.5, 0.6) is 0 Å². The zero-order valence-electron chi connectivity index (χ0n) is 13.0. The Labute approximate surface area is 141 Å². The van der Waals surface area contributed by atoms with Crippen LogP contribution in [0.25, 0.3) is 21.9 Å². The van der Waals surface area contributed by atoms with Crippen LogP contribution < -0.4 is 0 Å². The summed E-state index contributed by atoms with van der Waals surface area (Å²) in [6, 6.07) is 3.97. The number of carbonyl (C=O) groups is 1. The lowest BCUT2D eigenvalue weighted by Crippen LogP contribution is -2.09. The summed E-state index contributed by atoms with van der Waals surface area (Å²) < 4.78 is 12.7. The van der Waals surface area contributed by atoms with Crippen molar-refractivity contribution in [3.8, 4) is 0 Å². The van der Waals surface area contributed by atoms with Gasteiger partial charge in [-0.25, -0.2) is 0 Å². The van der Waals surface area contributed by atoms with Crippen molar-refractivity contribution in [3.05, 3.63) is 33.7 Å². The van der Waals surface area contributed by atoms with Crippen molar-refractivity contribution >= 4 is 43.8 Å². The molecule has 120 valence electrons. The second kappa shape index (κ2) is 5.13. The fraction of sp³-hybridized carbons (Fsp3) is 0.389. The molecule has 1 aromatic carbocycles. The highest BCUT2D eigenvalue weighted by Crippen LogP contribution is 2.50. The second-order valence-electron chi connectivity index (χ2n) is 6.47. The van der Waals surface area contributed by atoms with Gasteiger partial charge in [-0.3, -0.25) is 4.79 Å². The van der Waals surface area contributed by atoms with Gasteiger partial charge in [0.2, 0.25) is 0 Å². The Bertz CT molecular complexity index is 872. The summed E-state index contributed by atoms with van der Waals surface area (Å²) in [4.78, 5) is 11.4. The first-order chi connectivity index (χ1) is 11.0. The quantitative estimate of drug-likeness (QED) is 0.650. The molecule has 0 amide bonds. The Hall–Kier alpha value is -1.75. The van der Waals surface area contributed by atoms with Crippen LogP contribution >= 0.6 is 15.9 Å². The number of aryl methyl sites for hydroxylation is 2. The molecule has 2 heterocycles. The van der Waals surface area contributed by atoms with Crippen LogP contribution in [0.1, 0.15) is 42.3 Å². The minimum absolute atomic E-state index is 0.0341. The van der Waals surface area contributed by atoms with Gasteiger partial charge in [-0.15, -0.1) is 0 Å². The summed E-state index contributed by atoms with van der Waals surface area (Å²) in [7, 11) is 0. The fourth-order valence-electron chi connectivity index (χ4n) is 3.56. The van der Waals surface area contributed by atoms with Gasteiger partial charge in [0.15, 0.2) is 0 Å². The Morgan fingerprint density at radius 3 is 2.43 bits per heavy atom. The molecule has 4 rings (SSSR count). The van der Waals surface area contributed by atoms with Crippen LogP contribution in [0.2, 0.25) is 0 Å². The number of carboxylic acid groups (broad SMARTS) is 1. The SMILES string of the molecule is Cc1cc2c(C(CC(=O)O)C3CC3)c3oc(C)cc3c(Br)c2o1. The van der Waals surface area contributed by atoms with Crippen LogP contribution in [-0.2, 0) is 4.79 Å². The van der Waals surface area contributed by atoms with Crippen LogP contribution in [0.15, 0.2) is 25.4 Å². The number of aliphatic carboxylic acids is 1. The first-order valence-corrected chi connectivity index (χ1v) is 8.58. The van der Waals surface area contributed by atoms with Crippen molar-refractivity contribution in [2.45, 2.75) is 39.0 Å². The molecule has 1 aliphatic rings. The van der Waals surface area contributed by atoms with Gasteiger partial charge in [-0.2, -0.15) is 0 Å². The van der Waals surface area contributed by atoms with Gasteiger partial charge in [0.1, 0.15) is 22.7 Å². The standard InChI is InChI=1S/C18H17BrO4/c1-8-5-12-15(11(7-14(20)21)10-3-4-10)17-13(6-9(2)22-17)16(19)18(12)23-8/h5-6,10-11H,3-4,7H2,1-2H3,(H,20,21). The van der Waals surface area contributed by atoms with Gasteiger partial charge in [0.25, 0.3) is 0 Å². The highest BCUT2D eigenvalue weighted by Gasteiger charge is 2.37. The van der Waals surface area contributed by atoms with E-state index in [1.165, 1.54) is 0 Å². The van der Waals surface area contributed by atoms with Gasteiger partial charge < -0.3 is 13.9 Å². The van der Waals surface area contributed by atoms with E-state index in [4.69, 9.17) is 8.83 Å².